The second-order valence-corrected chi connectivity index (χ2v) is 3.96. The highest BCUT2D eigenvalue weighted by Crippen LogP contribution is 2.23. The second-order valence-electron chi connectivity index (χ2n) is 3.96. The Morgan fingerprint density at radius 2 is 2.29 bits per heavy atom. The molecular formula is C12H20N4O. The summed E-state index contributed by atoms with van der Waals surface area (Å²) in [5, 5.41) is 0. The summed E-state index contributed by atoms with van der Waals surface area (Å²) in [6.07, 6.45) is 4.09. The molecule has 0 bridgehead atoms. The van der Waals surface area contributed by atoms with Crippen molar-refractivity contribution < 1.29 is 4.74 Å². The lowest BCUT2D eigenvalue weighted by Gasteiger charge is -2.12. The first kappa shape index (κ1) is 13.4. The van der Waals surface area contributed by atoms with Crippen LogP contribution in [0.2, 0.25) is 0 Å². The van der Waals surface area contributed by atoms with E-state index in [1.165, 1.54) is 6.33 Å². The predicted molar refractivity (Wildman–Crippen MR) is 68.8 cm³/mol. The van der Waals surface area contributed by atoms with Crippen molar-refractivity contribution in [2.24, 2.45) is 5.84 Å². The molecule has 0 unspecified atom stereocenters. The Bertz CT molecular complexity index is 379. The summed E-state index contributed by atoms with van der Waals surface area (Å²) < 4.78 is 5.64. The average molecular weight is 236 g/mol. The van der Waals surface area contributed by atoms with E-state index >= 15 is 0 Å². The van der Waals surface area contributed by atoms with E-state index in [0.29, 0.717) is 18.3 Å². The van der Waals surface area contributed by atoms with Gasteiger partial charge in [-0.1, -0.05) is 18.9 Å². The van der Waals surface area contributed by atoms with Crippen LogP contribution in [0.1, 0.15) is 32.3 Å². The molecular weight excluding hydrogens is 216 g/mol. The van der Waals surface area contributed by atoms with Crippen LogP contribution in [-0.2, 0) is 6.42 Å². The third kappa shape index (κ3) is 4.03. The summed E-state index contributed by atoms with van der Waals surface area (Å²) in [5.74, 6) is 6.66. The minimum Gasteiger partial charge on any atom is -0.477 e. The van der Waals surface area contributed by atoms with Crippen molar-refractivity contribution in [3.63, 3.8) is 0 Å². The first-order valence-electron chi connectivity index (χ1n) is 5.76. The van der Waals surface area contributed by atoms with E-state index in [1.54, 1.807) is 0 Å². The second kappa shape index (κ2) is 6.85. The van der Waals surface area contributed by atoms with Crippen molar-refractivity contribution in [1.82, 2.24) is 9.97 Å². The number of nitrogens with zero attached hydrogens (tertiary/aromatic N) is 2. The van der Waals surface area contributed by atoms with Crippen LogP contribution in [0.4, 0.5) is 5.82 Å². The molecule has 5 heteroatoms. The lowest BCUT2D eigenvalue weighted by Crippen LogP contribution is -2.13. The molecule has 0 atom stereocenters. The minimum absolute atomic E-state index is 0.576. The smallest absolute Gasteiger partial charge is 0.221 e. The maximum atomic E-state index is 5.64. The van der Waals surface area contributed by atoms with Gasteiger partial charge in [-0.25, -0.2) is 15.8 Å². The van der Waals surface area contributed by atoms with Crippen LogP contribution in [-0.4, -0.2) is 16.6 Å². The maximum Gasteiger partial charge on any atom is 0.221 e. The minimum atomic E-state index is 0.576. The highest BCUT2D eigenvalue weighted by Gasteiger charge is 2.10. The molecule has 0 aliphatic carbocycles. The van der Waals surface area contributed by atoms with Gasteiger partial charge in [0.2, 0.25) is 5.88 Å². The fourth-order valence-electron chi connectivity index (χ4n) is 1.44. The van der Waals surface area contributed by atoms with E-state index in [-0.39, 0.29) is 0 Å². The number of hydrazine groups is 1. The zero-order valence-corrected chi connectivity index (χ0v) is 10.5. The van der Waals surface area contributed by atoms with Gasteiger partial charge in [0.05, 0.1) is 12.2 Å². The van der Waals surface area contributed by atoms with Gasteiger partial charge in [-0.15, -0.1) is 6.58 Å². The van der Waals surface area contributed by atoms with Gasteiger partial charge in [0.25, 0.3) is 0 Å². The van der Waals surface area contributed by atoms with Gasteiger partial charge in [0.15, 0.2) is 0 Å². The Labute approximate surface area is 102 Å². The van der Waals surface area contributed by atoms with Crippen LogP contribution in [0.15, 0.2) is 18.5 Å². The molecule has 1 heterocycles. The third-order valence-corrected chi connectivity index (χ3v) is 2.31. The fourth-order valence-corrected chi connectivity index (χ4v) is 1.44. The monoisotopic (exact) mass is 236 g/mol. The lowest BCUT2D eigenvalue weighted by molar-refractivity contribution is 0.305. The Hall–Kier alpha value is -1.62. The summed E-state index contributed by atoms with van der Waals surface area (Å²) in [6, 6.07) is 0. The number of rotatable bonds is 7. The van der Waals surface area contributed by atoms with Crippen LogP contribution in [0, 0.1) is 0 Å². The van der Waals surface area contributed by atoms with E-state index in [1.807, 2.05) is 6.92 Å². The van der Waals surface area contributed by atoms with Crippen molar-refractivity contribution in [2.75, 3.05) is 12.0 Å². The summed E-state index contributed by atoms with van der Waals surface area (Å²) >= 11 is 0. The zero-order chi connectivity index (χ0) is 12.7. The van der Waals surface area contributed by atoms with E-state index in [2.05, 4.69) is 28.9 Å². The Kier molecular flexibility index (Phi) is 5.42. The molecule has 3 N–H and O–H groups in total. The van der Waals surface area contributed by atoms with Gasteiger partial charge in [0.1, 0.15) is 12.1 Å². The highest BCUT2D eigenvalue weighted by molar-refractivity contribution is 5.47. The molecule has 0 aliphatic rings. The molecule has 0 radical (unpaired) electrons. The van der Waals surface area contributed by atoms with Crippen molar-refractivity contribution in [2.45, 2.75) is 33.1 Å². The summed E-state index contributed by atoms with van der Waals surface area (Å²) in [7, 11) is 0. The van der Waals surface area contributed by atoms with E-state index in [4.69, 9.17) is 10.6 Å². The van der Waals surface area contributed by atoms with Crippen molar-refractivity contribution >= 4 is 5.82 Å². The van der Waals surface area contributed by atoms with Gasteiger partial charge in [-0.2, -0.15) is 0 Å². The number of hydrogen-bond donors (Lipinski definition) is 2. The Balaban J connectivity index is 2.78. The van der Waals surface area contributed by atoms with Gasteiger partial charge in [-0.3, -0.25) is 0 Å². The molecule has 0 saturated carbocycles. The first-order valence-corrected chi connectivity index (χ1v) is 5.76. The number of nitrogens with two attached hydrogens (primary N) is 1. The molecule has 0 spiro atoms. The maximum absolute atomic E-state index is 5.64. The number of ether oxygens (including phenoxy) is 1. The van der Waals surface area contributed by atoms with Gasteiger partial charge < -0.3 is 10.2 Å². The lowest BCUT2D eigenvalue weighted by atomic mass is 10.2. The van der Waals surface area contributed by atoms with E-state index in [0.717, 1.165) is 30.4 Å². The Morgan fingerprint density at radius 3 is 2.88 bits per heavy atom. The molecule has 1 aromatic rings. The van der Waals surface area contributed by atoms with Crippen molar-refractivity contribution in [3.8, 4) is 5.88 Å². The number of nitrogen functional groups attached to an aromatic ring is 1. The van der Waals surface area contributed by atoms with Gasteiger partial charge >= 0.3 is 0 Å². The summed E-state index contributed by atoms with van der Waals surface area (Å²) in [5.41, 5.74) is 4.59. The number of nitrogens with one attached hydrogen (secondary N) is 1. The number of anilines is 1. The third-order valence-electron chi connectivity index (χ3n) is 2.31. The normalized spacial score (nSPS) is 10.1. The summed E-state index contributed by atoms with van der Waals surface area (Å²) in [6.45, 7) is 8.47. The van der Waals surface area contributed by atoms with Crippen LogP contribution in [0.3, 0.4) is 0 Å². The molecule has 5 nitrogen and oxygen atoms in total. The standard InChI is InChI=1S/C12H20N4O/c1-4-5-10-11(16-13)14-8-15-12(10)17-7-6-9(2)3/h8H,2,4-7,13H2,1,3H3,(H,14,15,16). The number of aromatic nitrogens is 2. The predicted octanol–water partition coefficient (Wildman–Crippen LogP) is 2.06. The topological polar surface area (TPSA) is 73.1 Å². The van der Waals surface area contributed by atoms with Gasteiger partial charge in [0, 0.05) is 6.42 Å². The van der Waals surface area contributed by atoms with Crippen molar-refractivity contribution in [1.29, 1.82) is 0 Å². The molecule has 0 aromatic carbocycles. The van der Waals surface area contributed by atoms with Crippen LogP contribution >= 0.6 is 0 Å². The van der Waals surface area contributed by atoms with Crippen molar-refractivity contribution in [3.05, 3.63) is 24.0 Å². The number of hydrogen-bond acceptors (Lipinski definition) is 5. The van der Waals surface area contributed by atoms with E-state index < -0.39 is 0 Å². The molecule has 94 valence electrons. The quantitative estimate of drug-likeness (QED) is 0.430. The molecule has 0 amide bonds. The largest absolute Gasteiger partial charge is 0.477 e. The van der Waals surface area contributed by atoms with E-state index in [9.17, 15) is 0 Å². The zero-order valence-electron chi connectivity index (χ0n) is 10.5. The molecule has 17 heavy (non-hydrogen) atoms. The molecule has 0 saturated heterocycles. The highest BCUT2D eigenvalue weighted by atomic mass is 16.5. The molecule has 0 aliphatic heterocycles. The van der Waals surface area contributed by atoms with Gasteiger partial charge in [-0.05, 0) is 13.3 Å². The van der Waals surface area contributed by atoms with Crippen LogP contribution in [0.25, 0.3) is 0 Å². The van der Waals surface area contributed by atoms with Crippen LogP contribution in [0.5, 0.6) is 5.88 Å². The SMILES string of the molecule is C=C(C)CCOc1ncnc(NN)c1CCC. The first-order chi connectivity index (χ1) is 8.19. The van der Waals surface area contributed by atoms with Crippen LogP contribution < -0.4 is 16.0 Å². The molecule has 1 rings (SSSR count). The summed E-state index contributed by atoms with van der Waals surface area (Å²) in [4.78, 5) is 8.22. The molecule has 1 aromatic heterocycles. The Morgan fingerprint density at radius 1 is 1.53 bits per heavy atom. The molecule has 0 fully saturated rings. The fraction of sp³-hybridized carbons (Fsp3) is 0.500. The average Bonchev–Trinajstić information content (AvgIpc) is 2.30.